The molecule has 0 bridgehead atoms. The highest BCUT2D eigenvalue weighted by molar-refractivity contribution is 5.97. The molecule has 0 atom stereocenters. The first kappa shape index (κ1) is 10.5. The summed E-state index contributed by atoms with van der Waals surface area (Å²) in [4.78, 5) is 15.6. The van der Waals surface area contributed by atoms with Crippen molar-refractivity contribution in [1.82, 2.24) is 4.98 Å². The fraction of sp³-hybridized carbons (Fsp3) is 0.333. The Morgan fingerprint density at radius 1 is 1.64 bits per heavy atom. The van der Waals surface area contributed by atoms with Crippen LogP contribution < -0.4 is 0 Å². The molecule has 0 amide bonds. The Bertz CT molecular complexity index is 363. The molecule has 0 aliphatic heterocycles. The summed E-state index contributed by atoms with van der Waals surface area (Å²) in [7, 11) is 0. The van der Waals surface area contributed by atoms with E-state index in [1.807, 2.05) is 6.92 Å². The highest BCUT2D eigenvalue weighted by Crippen LogP contribution is 2.10. The standard InChI is InChI=1S/C12H13NO/c1-3-4-5-6-12(14)11-7-8-13-9-10(11)2/h1,7-9H,4-6H2,2H3. The summed E-state index contributed by atoms with van der Waals surface area (Å²) in [6, 6.07) is 1.76. The number of carbonyl (C=O) groups excluding carboxylic acids is 1. The number of hydrogen-bond donors (Lipinski definition) is 0. The molecule has 0 aliphatic rings. The molecular weight excluding hydrogens is 174 g/mol. The monoisotopic (exact) mass is 187 g/mol. The third kappa shape index (κ3) is 2.70. The summed E-state index contributed by atoms with van der Waals surface area (Å²) in [6.07, 6.45) is 10.4. The smallest absolute Gasteiger partial charge is 0.163 e. The summed E-state index contributed by atoms with van der Waals surface area (Å²) >= 11 is 0. The van der Waals surface area contributed by atoms with Gasteiger partial charge in [-0.05, 0) is 25.0 Å². The summed E-state index contributed by atoms with van der Waals surface area (Å²) in [5.74, 6) is 2.68. The summed E-state index contributed by atoms with van der Waals surface area (Å²) in [5.41, 5.74) is 1.69. The predicted molar refractivity (Wildman–Crippen MR) is 56.0 cm³/mol. The van der Waals surface area contributed by atoms with E-state index in [1.165, 1.54) is 0 Å². The van der Waals surface area contributed by atoms with Gasteiger partial charge >= 0.3 is 0 Å². The van der Waals surface area contributed by atoms with Crippen LogP contribution in [-0.4, -0.2) is 10.8 Å². The highest BCUT2D eigenvalue weighted by atomic mass is 16.1. The average molecular weight is 187 g/mol. The van der Waals surface area contributed by atoms with Crippen molar-refractivity contribution in [3.63, 3.8) is 0 Å². The van der Waals surface area contributed by atoms with Gasteiger partial charge in [-0.2, -0.15) is 0 Å². The number of aryl methyl sites for hydroxylation is 1. The van der Waals surface area contributed by atoms with Crippen LogP contribution in [0.2, 0.25) is 0 Å². The van der Waals surface area contributed by atoms with E-state index in [9.17, 15) is 4.79 Å². The molecule has 2 heteroatoms. The van der Waals surface area contributed by atoms with Crippen molar-refractivity contribution in [3.05, 3.63) is 29.6 Å². The number of nitrogens with zero attached hydrogens (tertiary/aromatic N) is 1. The van der Waals surface area contributed by atoms with Gasteiger partial charge in [-0.25, -0.2) is 0 Å². The Labute approximate surface area is 84.4 Å². The molecule has 0 N–H and O–H groups in total. The Hall–Kier alpha value is -1.62. The second-order valence-corrected chi connectivity index (χ2v) is 3.17. The van der Waals surface area contributed by atoms with E-state index in [-0.39, 0.29) is 5.78 Å². The fourth-order valence-corrected chi connectivity index (χ4v) is 1.27. The number of terminal acetylenes is 1. The summed E-state index contributed by atoms with van der Waals surface area (Å²) < 4.78 is 0. The Morgan fingerprint density at radius 2 is 2.43 bits per heavy atom. The van der Waals surface area contributed by atoms with Gasteiger partial charge < -0.3 is 0 Å². The molecule has 0 spiro atoms. The quantitative estimate of drug-likeness (QED) is 0.411. The lowest BCUT2D eigenvalue weighted by Gasteiger charge is -2.02. The first-order valence-corrected chi connectivity index (χ1v) is 4.63. The zero-order valence-electron chi connectivity index (χ0n) is 8.29. The van der Waals surface area contributed by atoms with Gasteiger partial charge in [-0.1, -0.05) is 0 Å². The van der Waals surface area contributed by atoms with Crippen molar-refractivity contribution in [2.45, 2.75) is 26.2 Å². The minimum atomic E-state index is 0.153. The summed E-state index contributed by atoms with van der Waals surface area (Å²) in [5, 5.41) is 0. The van der Waals surface area contributed by atoms with Crippen LogP contribution in [-0.2, 0) is 0 Å². The van der Waals surface area contributed by atoms with Gasteiger partial charge in [-0.15, -0.1) is 12.3 Å². The number of unbranched alkanes of at least 4 members (excludes halogenated alkanes) is 1. The van der Waals surface area contributed by atoms with Crippen LogP contribution in [0.4, 0.5) is 0 Å². The minimum Gasteiger partial charge on any atom is -0.294 e. The van der Waals surface area contributed by atoms with Gasteiger partial charge in [0.15, 0.2) is 5.78 Å². The summed E-state index contributed by atoms with van der Waals surface area (Å²) in [6.45, 7) is 1.89. The Kier molecular flexibility index (Phi) is 3.87. The zero-order chi connectivity index (χ0) is 10.4. The number of aromatic nitrogens is 1. The van der Waals surface area contributed by atoms with Gasteiger partial charge in [0.2, 0.25) is 0 Å². The number of carbonyl (C=O) groups is 1. The van der Waals surface area contributed by atoms with Crippen LogP contribution in [0, 0.1) is 19.3 Å². The maximum Gasteiger partial charge on any atom is 0.163 e. The van der Waals surface area contributed by atoms with Crippen molar-refractivity contribution in [2.24, 2.45) is 0 Å². The number of ketones is 1. The molecule has 1 aromatic heterocycles. The van der Waals surface area contributed by atoms with Gasteiger partial charge in [0.25, 0.3) is 0 Å². The second kappa shape index (κ2) is 5.18. The van der Waals surface area contributed by atoms with E-state index in [4.69, 9.17) is 6.42 Å². The Balaban J connectivity index is 2.62. The fourth-order valence-electron chi connectivity index (χ4n) is 1.27. The van der Waals surface area contributed by atoms with Crippen LogP contribution in [0.15, 0.2) is 18.5 Å². The maximum absolute atomic E-state index is 11.6. The average Bonchev–Trinajstić information content (AvgIpc) is 2.18. The van der Waals surface area contributed by atoms with Crippen molar-refractivity contribution >= 4 is 5.78 Å². The number of rotatable bonds is 4. The van der Waals surface area contributed by atoms with Crippen LogP contribution in [0.5, 0.6) is 0 Å². The Morgan fingerprint density at radius 3 is 3.07 bits per heavy atom. The van der Waals surface area contributed by atoms with Crippen LogP contribution in [0.3, 0.4) is 0 Å². The molecule has 2 nitrogen and oxygen atoms in total. The molecule has 0 radical (unpaired) electrons. The lowest BCUT2D eigenvalue weighted by molar-refractivity contribution is 0.0980. The molecule has 0 aliphatic carbocycles. The topological polar surface area (TPSA) is 30.0 Å². The largest absolute Gasteiger partial charge is 0.294 e. The van der Waals surface area contributed by atoms with Crippen LogP contribution >= 0.6 is 0 Å². The molecule has 0 fully saturated rings. The first-order chi connectivity index (χ1) is 6.75. The first-order valence-electron chi connectivity index (χ1n) is 4.63. The van der Waals surface area contributed by atoms with Crippen molar-refractivity contribution in [1.29, 1.82) is 0 Å². The van der Waals surface area contributed by atoms with Crippen LogP contribution in [0.1, 0.15) is 35.2 Å². The van der Waals surface area contributed by atoms with Crippen molar-refractivity contribution in [3.8, 4) is 12.3 Å². The molecule has 14 heavy (non-hydrogen) atoms. The molecule has 1 aromatic rings. The molecule has 0 saturated heterocycles. The third-order valence-electron chi connectivity index (χ3n) is 2.05. The SMILES string of the molecule is C#CCCCC(=O)c1ccncc1C. The van der Waals surface area contributed by atoms with Gasteiger partial charge in [0, 0.05) is 30.8 Å². The number of pyridine rings is 1. The van der Waals surface area contributed by atoms with E-state index in [0.717, 1.165) is 17.5 Å². The van der Waals surface area contributed by atoms with Gasteiger partial charge in [0.1, 0.15) is 0 Å². The van der Waals surface area contributed by atoms with E-state index in [0.29, 0.717) is 12.8 Å². The van der Waals surface area contributed by atoms with E-state index in [2.05, 4.69) is 10.9 Å². The molecular formula is C12H13NO. The molecule has 0 saturated carbocycles. The molecule has 0 unspecified atom stereocenters. The predicted octanol–water partition coefficient (Wildman–Crippen LogP) is 2.38. The normalized spacial score (nSPS) is 9.43. The highest BCUT2D eigenvalue weighted by Gasteiger charge is 2.07. The minimum absolute atomic E-state index is 0.153. The molecule has 0 aromatic carbocycles. The van der Waals surface area contributed by atoms with Crippen LogP contribution in [0.25, 0.3) is 0 Å². The number of hydrogen-bond acceptors (Lipinski definition) is 2. The molecule has 1 rings (SSSR count). The third-order valence-corrected chi connectivity index (χ3v) is 2.05. The van der Waals surface area contributed by atoms with Gasteiger partial charge in [-0.3, -0.25) is 9.78 Å². The maximum atomic E-state index is 11.6. The molecule has 1 heterocycles. The van der Waals surface area contributed by atoms with E-state index >= 15 is 0 Å². The zero-order valence-corrected chi connectivity index (χ0v) is 8.29. The second-order valence-electron chi connectivity index (χ2n) is 3.17. The lowest BCUT2D eigenvalue weighted by atomic mass is 10.0. The van der Waals surface area contributed by atoms with E-state index in [1.54, 1.807) is 18.5 Å². The van der Waals surface area contributed by atoms with Crippen molar-refractivity contribution in [2.75, 3.05) is 0 Å². The van der Waals surface area contributed by atoms with E-state index < -0.39 is 0 Å². The van der Waals surface area contributed by atoms with Gasteiger partial charge in [0.05, 0.1) is 0 Å². The molecule has 72 valence electrons. The lowest BCUT2D eigenvalue weighted by Crippen LogP contribution is -2.01. The van der Waals surface area contributed by atoms with Crippen molar-refractivity contribution < 1.29 is 4.79 Å². The number of Topliss-reactive ketones (excluding diaryl/α,β-unsaturated/α-hetero) is 1.